The number of likely N-dealkylation sites (tertiary alicyclic amines) is 1. The molecule has 4 rings (SSSR count). The summed E-state index contributed by atoms with van der Waals surface area (Å²) in [7, 11) is 1.98. The van der Waals surface area contributed by atoms with Gasteiger partial charge in [0, 0.05) is 55.9 Å². The van der Waals surface area contributed by atoms with Gasteiger partial charge in [-0.3, -0.25) is 9.67 Å². The maximum Gasteiger partial charge on any atom is 0.0969 e. The molecule has 0 bridgehead atoms. The molecule has 23 heavy (non-hydrogen) atoms. The molecule has 0 aromatic carbocycles. The summed E-state index contributed by atoms with van der Waals surface area (Å²) in [5.74, 6) is 0.802. The summed E-state index contributed by atoms with van der Waals surface area (Å²) in [6, 6.07) is 4.96. The molecule has 1 aliphatic carbocycles. The summed E-state index contributed by atoms with van der Waals surface area (Å²) >= 11 is 0. The SMILES string of the molecule is Cn1cc(CNC[C@@H]2CCN(C3CC3)C2)c(-c2ccncc2)n1. The monoisotopic (exact) mass is 311 g/mol. The molecule has 2 aromatic heterocycles. The van der Waals surface area contributed by atoms with Crippen molar-refractivity contribution in [3.05, 3.63) is 36.3 Å². The van der Waals surface area contributed by atoms with Crippen molar-refractivity contribution in [3.8, 4) is 11.3 Å². The van der Waals surface area contributed by atoms with Crippen LogP contribution >= 0.6 is 0 Å². The zero-order valence-corrected chi connectivity index (χ0v) is 13.8. The summed E-state index contributed by atoms with van der Waals surface area (Å²) in [6.45, 7) is 4.56. The molecule has 2 aliphatic rings. The van der Waals surface area contributed by atoms with Crippen LogP contribution in [0.4, 0.5) is 0 Å². The number of aryl methyl sites for hydroxylation is 1. The van der Waals surface area contributed by atoms with Crippen LogP contribution in [-0.2, 0) is 13.6 Å². The van der Waals surface area contributed by atoms with Crippen molar-refractivity contribution in [1.82, 2.24) is 25.0 Å². The molecule has 2 aromatic rings. The first-order valence-electron chi connectivity index (χ1n) is 8.67. The van der Waals surface area contributed by atoms with Crippen molar-refractivity contribution < 1.29 is 0 Å². The zero-order valence-electron chi connectivity index (χ0n) is 13.8. The van der Waals surface area contributed by atoms with Gasteiger partial charge in [0.2, 0.25) is 0 Å². The molecule has 5 nitrogen and oxygen atoms in total. The van der Waals surface area contributed by atoms with Gasteiger partial charge in [-0.2, -0.15) is 5.10 Å². The first-order chi connectivity index (χ1) is 11.3. The highest BCUT2D eigenvalue weighted by Gasteiger charge is 2.34. The van der Waals surface area contributed by atoms with Gasteiger partial charge >= 0.3 is 0 Å². The minimum absolute atomic E-state index is 0.802. The largest absolute Gasteiger partial charge is 0.312 e. The molecule has 0 spiro atoms. The Bertz CT molecular complexity index is 647. The van der Waals surface area contributed by atoms with Crippen LogP contribution in [0, 0.1) is 5.92 Å². The van der Waals surface area contributed by atoms with Crippen LogP contribution in [-0.4, -0.2) is 45.3 Å². The molecule has 0 unspecified atom stereocenters. The van der Waals surface area contributed by atoms with Crippen molar-refractivity contribution in [3.63, 3.8) is 0 Å². The van der Waals surface area contributed by atoms with Gasteiger partial charge in [0.05, 0.1) is 5.69 Å². The van der Waals surface area contributed by atoms with E-state index in [1.165, 1.54) is 37.9 Å². The first kappa shape index (κ1) is 14.8. The lowest BCUT2D eigenvalue weighted by Gasteiger charge is -2.15. The molecule has 0 radical (unpaired) electrons. The molecule has 1 N–H and O–H groups in total. The molecular weight excluding hydrogens is 286 g/mol. The van der Waals surface area contributed by atoms with Gasteiger partial charge in [0.1, 0.15) is 0 Å². The van der Waals surface area contributed by atoms with Crippen LogP contribution < -0.4 is 5.32 Å². The maximum atomic E-state index is 4.62. The van der Waals surface area contributed by atoms with Crippen molar-refractivity contribution >= 4 is 0 Å². The highest BCUT2D eigenvalue weighted by atomic mass is 15.3. The van der Waals surface area contributed by atoms with E-state index in [9.17, 15) is 0 Å². The Morgan fingerprint density at radius 2 is 2.04 bits per heavy atom. The van der Waals surface area contributed by atoms with E-state index in [4.69, 9.17) is 0 Å². The lowest BCUT2D eigenvalue weighted by molar-refractivity contribution is 0.312. The Hall–Kier alpha value is -1.72. The summed E-state index contributed by atoms with van der Waals surface area (Å²) < 4.78 is 1.90. The van der Waals surface area contributed by atoms with Gasteiger partial charge in [-0.1, -0.05) is 0 Å². The van der Waals surface area contributed by atoms with Crippen LogP contribution in [0.25, 0.3) is 11.3 Å². The van der Waals surface area contributed by atoms with E-state index in [0.717, 1.165) is 36.3 Å². The minimum atomic E-state index is 0.802. The Morgan fingerprint density at radius 1 is 1.22 bits per heavy atom. The van der Waals surface area contributed by atoms with E-state index in [0.29, 0.717) is 0 Å². The molecule has 1 aliphatic heterocycles. The fraction of sp³-hybridized carbons (Fsp3) is 0.556. The molecule has 122 valence electrons. The summed E-state index contributed by atoms with van der Waals surface area (Å²) in [4.78, 5) is 6.77. The number of nitrogens with one attached hydrogen (secondary N) is 1. The van der Waals surface area contributed by atoms with Crippen molar-refractivity contribution in [1.29, 1.82) is 0 Å². The normalized spacial score (nSPS) is 21.9. The number of rotatable bonds is 6. The molecule has 3 heterocycles. The zero-order chi connectivity index (χ0) is 15.6. The summed E-state index contributed by atoms with van der Waals surface area (Å²) in [5, 5.41) is 8.27. The number of nitrogens with zero attached hydrogens (tertiary/aromatic N) is 4. The van der Waals surface area contributed by atoms with Gasteiger partial charge in [-0.05, 0) is 50.4 Å². The summed E-state index contributed by atoms with van der Waals surface area (Å²) in [6.07, 6.45) is 9.95. The fourth-order valence-electron chi connectivity index (χ4n) is 3.63. The smallest absolute Gasteiger partial charge is 0.0969 e. The average molecular weight is 311 g/mol. The standard InChI is InChI=1S/C18H25N5/c1-22-13-16(18(21-22)15-4-7-19-8-5-15)11-20-10-14-6-9-23(12-14)17-2-3-17/h4-5,7-8,13-14,17,20H,2-3,6,9-12H2,1H3/t14-/m0/s1. The lowest BCUT2D eigenvalue weighted by atomic mass is 10.1. The van der Waals surface area contributed by atoms with E-state index >= 15 is 0 Å². The number of hydrogen-bond donors (Lipinski definition) is 1. The van der Waals surface area contributed by atoms with Gasteiger partial charge < -0.3 is 10.2 Å². The van der Waals surface area contributed by atoms with E-state index in [-0.39, 0.29) is 0 Å². The third-order valence-corrected chi connectivity index (χ3v) is 4.99. The quantitative estimate of drug-likeness (QED) is 0.887. The van der Waals surface area contributed by atoms with Crippen molar-refractivity contribution in [2.75, 3.05) is 19.6 Å². The average Bonchev–Trinajstić information content (AvgIpc) is 3.20. The minimum Gasteiger partial charge on any atom is -0.312 e. The lowest BCUT2D eigenvalue weighted by Crippen LogP contribution is -2.27. The molecule has 1 atom stereocenters. The second kappa shape index (κ2) is 6.42. The molecule has 0 amide bonds. The number of pyridine rings is 1. The predicted octanol–water partition coefficient (Wildman–Crippen LogP) is 2.06. The number of aromatic nitrogens is 3. The van der Waals surface area contributed by atoms with E-state index in [1.54, 1.807) is 0 Å². The van der Waals surface area contributed by atoms with Crippen molar-refractivity contribution in [2.24, 2.45) is 13.0 Å². The molecule has 1 saturated carbocycles. The predicted molar refractivity (Wildman–Crippen MR) is 90.8 cm³/mol. The third kappa shape index (κ3) is 3.46. The van der Waals surface area contributed by atoms with Crippen LogP contribution in [0.5, 0.6) is 0 Å². The molecule has 1 saturated heterocycles. The topological polar surface area (TPSA) is 46.0 Å². The summed E-state index contributed by atoms with van der Waals surface area (Å²) in [5.41, 5.74) is 3.46. The number of hydrogen-bond acceptors (Lipinski definition) is 4. The van der Waals surface area contributed by atoms with Gasteiger partial charge in [0.25, 0.3) is 0 Å². The van der Waals surface area contributed by atoms with Crippen LogP contribution in [0.3, 0.4) is 0 Å². The van der Waals surface area contributed by atoms with Gasteiger partial charge in [-0.25, -0.2) is 0 Å². The molecule has 2 fully saturated rings. The van der Waals surface area contributed by atoms with Crippen molar-refractivity contribution in [2.45, 2.75) is 31.8 Å². The van der Waals surface area contributed by atoms with Gasteiger partial charge in [-0.15, -0.1) is 0 Å². The van der Waals surface area contributed by atoms with E-state index in [1.807, 2.05) is 36.3 Å². The van der Waals surface area contributed by atoms with Gasteiger partial charge in [0.15, 0.2) is 0 Å². The Balaban J connectivity index is 1.34. The second-order valence-corrected chi connectivity index (χ2v) is 6.92. The van der Waals surface area contributed by atoms with Crippen LogP contribution in [0.2, 0.25) is 0 Å². The highest BCUT2D eigenvalue weighted by molar-refractivity contribution is 5.61. The van der Waals surface area contributed by atoms with E-state index in [2.05, 4.69) is 26.5 Å². The second-order valence-electron chi connectivity index (χ2n) is 6.92. The Kier molecular flexibility index (Phi) is 4.14. The third-order valence-electron chi connectivity index (χ3n) is 4.99. The Morgan fingerprint density at radius 3 is 2.83 bits per heavy atom. The molecular formula is C18H25N5. The van der Waals surface area contributed by atoms with E-state index < -0.39 is 0 Å². The molecule has 5 heteroatoms. The Labute approximate surface area is 137 Å². The maximum absolute atomic E-state index is 4.62. The fourth-order valence-corrected chi connectivity index (χ4v) is 3.63. The van der Waals surface area contributed by atoms with Crippen LogP contribution in [0.1, 0.15) is 24.8 Å². The first-order valence-corrected chi connectivity index (χ1v) is 8.67. The highest BCUT2D eigenvalue weighted by Crippen LogP contribution is 2.31. The van der Waals surface area contributed by atoms with Crippen LogP contribution in [0.15, 0.2) is 30.7 Å².